The van der Waals surface area contributed by atoms with Crippen LogP contribution in [0.5, 0.6) is 11.5 Å². The first-order chi connectivity index (χ1) is 33.2. The molecule has 8 aromatic rings. The molecule has 0 saturated carbocycles. The Morgan fingerprint density at radius 1 is 0.600 bits per heavy atom. The Balaban J connectivity index is 0.000000207. The molecule has 0 spiro atoms. The number of amides is 2. The third kappa shape index (κ3) is 11.2. The monoisotopic (exact) mass is 1040 g/mol. The number of Topliss-reactive ketones (excluding diaryl/α,β-unsaturated/α-hetero) is 2. The summed E-state index contributed by atoms with van der Waals surface area (Å²) in [6, 6.07) is 25.4. The number of carbonyl (C=O) groups excluding carboxylic acids is 4. The van der Waals surface area contributed by atoms with Gasteiger partial charge in [0.25, 0.3) is 23.4 Å². The number of nitrogens with zero attached hydrogens (tertiary/aromatic N) is 4. The Bertz CT molecular complexity index is 3310. The maximum absolute atomic E-state index is 14.5. The van der Waals surface area contributed by atoms with Crippen LogP contribution in [-0.2, 0) is 35.0 Å². The molecule has 0 unspecified atom stereocenters. The smallest absolute Gasteiger partial charge is 0.432 e. The minimum Gasteiger partial charge on any atom is -0.508 e. The van der Waals surface area contributed by atoms with E-state index in [2.05, 4.69) is 20.6 Å². The summed E-state index contributed by atoms with van der Waals surface area (Å²) < 4.78 is 93.7. The van der Waals surface area contributed by atoms with E-state index < -0.39 is 58.2 Å². The van der Waals surface area contributed by atoms with E-state index in [1.165, 1.54) is 97.3 Å². The first kappa shape index (κ1) is 50.7. The molecule has 70 heavy (non-hydrogen) atoms. The van der Waals surface area contributed by atoms with Gasteiger partial charge in [-0.3, -0.25) is 19.2 Å². The molecule has 0 saturated heterocycles. The van der Waals surface area contributed by atoms with Crippen LogP contribution in [0.4, 0.5) is 38.0 Å². The van der Waals surface area contributed by atoms with Crippen molar-refractivity contribution in [3.63, 3.8) is 0 Å². The number of carbonyl (C=O) groups is 4. The molecule has 360 valence electrons. The van der Waals surface area contributed by atoms with Crippen molar-refractivity contribution in [2.75, 3.05) is 17.2 Å². The van der Waals surface area contributed by atoms with E-state index in [9.17, 15) is 50.6 Å². The van der Waals surface area contributed by atoms with Gasteiger partial charge in [0.1, 0.15) is 34.5 Å². The quantitative estimate of drug-likeness (QED) is 0.0620. The van der Waals surface area contributed by atoms with Crippen LogP contribution in [0, 0.1) is 0 Å². The fraction of sp³-hybridized carbons (Fsp3) is 0.125. The molecule has 4 aromatic carbocycles. The van der Waals surface area contributed by atoms with Crippen molar-refractivity contribution in [3.8, 4) is 11.5 Å². The molecule has 0 aliphatic rings. The van der Waals surface area contributed by atoms with Gasteiger partial charge in [0.05, 0.1) is 17.7 Å². The summed E-state index contributed by atoms with van der Waals surface area (Å²) >= 11 is 24.2. The number of pyridine rings is 2. The SMILES string of the molecule is CCOc1ccc2c(c1)c(C(=O)C(=O)Nc1ccccn1)c(C(F)(F)F)n2Cc1ccc(Cl)cc1Cl.O=C(Nc1ccccn1)C(=O)c1c(C(F)(F)F)n(Cc2ccc(Cl)cc2Cl)c2ccc(O)cc12. The number of phenols is 1. The number of anilines is 2. The predicted octanol–water partition coefficient (Wildman–Crippen LogP) is 12.6. The lowest BCUT2D eigenvalue weighted by atomic mass is 10.0. The maximum Gasteiger partial charge on any atom is 0.432 e. The lowest BCUT2D eigenvalue weighted by Crippen LogP contribution is -2.26. The van der Waals surface area contributed by atoms with Crippen LogP contribution in [0.3, 0.4) is 0 Å². The number of alkyl halides is 6. The molecule has 0 bridgehead atoms. The van der Waals surface area contributed by atoms with E-state index in [4.69, 9.17) is 51.1 Å². The van der Waals surface area contributed by atoms with Crippen molar-refractivity contribution in [2.45, 2.75) is 32.4 Å². The van der Waals surface area contributed by atoms with E-state index in [0.717, 1.165) is 15.2 Å². The largest absolute Gasteiger partial charge is 0.508 e. The summed E-state index contributed by atoms with van der Waals surface area (Å²) in [6.07, 6.45) is -7.29. The highest BCUT2D eigenvalue weighted by molar-refractivity contribution is 6.49. The van der Waals surface area contributed by atoms with Crippen molar-refractivity contribution >= 4 is 103 Å². The summed E-state index contributed by atoms with van der Waals surface area (Å²) in [6.45, 7) is 1.26. The Labute approximate surface area is 412 Å². The fourth-order valence-corrected chi connectivity index (χ4v) is 8.33. The van der Waals surface area contributed by atoms with Crippen LogP contribution in [0.1, 0.15) is 50.2 Å². The molecule has 4 heterocycles. The van der Waals surface area contributed by atoms with Gasteiger partial charge in [0.2, 0.25) is 0 Å². The van der Waals surface area contributed by atoms with Crippen LogP contribution in [0.2, 0.25) is 20.1 Å². The molecule has 12 nitrogen and oxygen atoms in total. The van der Waals surface area contributed by atoms with Gasteiger partial charge in [-0.2, -0.15) is 26.3 Å². The first-order valence-corrected chi connectivity index (χ1v) is 21.9. The van der Waals surface area contributed by atoms with Crippen molar-refractivity contribution < 1.29 is 55.4 Å². The highest BCUT2D eigenvalue weighted by Crippen LogP contribution is 2.43. The van der Waals surface area contributed by atoms with Crippen molar-refractivity contribution in [3.05, 3.63) is 175 Å². The number of hydrogen-bond donors (Lipinski definition) is 3. The predicted molar refractivity (Wildman–Crippen MR) is 252 cm³/mol. The number of rotatable bonds is 12. The molecule has 8 rings (SSSR count). The molecule has 0 atom stereocenters. The Kier molecular flexibility index (Phi) is 15.1. The molecular weight excluding hydrogens is 1010 g/mol. The molecular formula is C48H32Cl4F6N6O6. The third-order valence-corrected chi connectivity index (χ3v) is 11.5. The average Bonchev–Trinajstić information content (AvgIpc) is 3.81. The van der Waals surface area contributed by atoms with Crippen LogP contribution < -0.4 is 15.4 Å². The Hall–Kier alpha value is -7.12. The number of phenolic OH excluding ortho intramolecular Hbond substituents is 1. The number of aromatic hydroxyl groups is 1. The topological polar surface area (TPSA) is 157 Å². The number of ketones is 2. The number of ether oxygens (including phenoxy) is 1. The van der Waals surface area contributed by atoms with Crippen molar-refractivity contribution in [1.82, 2.24) is 19.1 Å². The van der Waals surface area contributed by atoms with Crippen LogP contribution in [0.25, 0.3) is 21.8 Å². The minimum atomic E-state index is -5.02. The summed E-state index contributed by atoms with van der Waals surface area (Å²) in [5.41, 5.74) is -3.61. The van der Waals surface area contributed by atoms with E-state index in [1.807, 2.05) is 0 Å². The summed E-state index contributed by atoms with van der Waals surface area (Å²) in [4.78, 5) is 59.4. The van der Waals surface area contributed by atoms with Crippen LogP contribution >= 0.6 is 46.4 Å². The lowest BCUT2D eigenvalue weighted by molar-refractivity contribution is -0.144. The maximum atomic E-state index is 14.5. The minimum absolute atomic E-state index is 0.00561. The van der Waals surface area contributed by atoms with Gasteiger partial charge in [-0.1, -0.05) is 70.7 Å². The second kappa shape index (κ2) is 20.9. The molecule has 0 aliphatic carbocycles. The molecule has 0 fully saturated rings. The van der Waals surface area contributed by atoms with Gasteiger partial charge >= 0.3 is 12.4 Å². The number of aromatic nitrogens is 4. The van der Waals surface area contributed by atoms with Gasteiger partial charge in [-0.05, 0) is 103 Å². The van der Waals surface area contributed by atoms with Crippen LogP contribution in [0.15, 0.2) is 122 Å². The summed E-state index contributed by atoms with van der Waals surface area (Å²) in [7, 11) is 0. The second-order valence-corrected chi connectivity index (χ2v) is 16.6. The highest BCUT2D eigenvalue weighted by Gasteiger charge is 2.44. The number of fused-ring (bicyclic) bond motifs is 2. The van der Waals surface area contributed by atoms with Gasteiger partial charge in [0.15, 0.2) is 0 Å². The first-order valence-electron chi connectivity index (χ1n) is 20.4. The standard InChI is InChI=1S/C25H18Cl2F3N3O3.C23H14Cl2F3N3O3/c1-2-36-16-8-9-19-17(12-16)21(22(34)24(35)32-20-5-3-4-10-31-20)23(25(28,29)30)33(19)13-14-6-7-15(26)11-18(14)27;24-13-5-4-12(16(25)9-13)11-31-17-7-6-14(32)10-15(17)19(21(31)23(26,27)28)20(33)22(34)30-18-3-1-2-8-29-18/h3-12H,2,13H2,1H3,(H,31,32,35);1-10,32H,11H2,(H,29,30,34). The van der Waals surface area contributed by atoms with E-state index in [0.29, 0.717) is 21.2 Å². The van der Waals surface area contributed by atoms with Gasteiger partial charge in [-0.25, -0.2) is 9.97 Å². The molecule has 0 aliphatic heterocycles. The Morgan fingerprint density at radius 2 is 1.04 bits per heavy atom. The van der Waals surface area contributed by atoms with Gasteiger partial charge < -0.3 is 29.6 Å². The van der Waals surface area contributed by atoms with E-state index in [-0.39, 0.29) is 74.7 Å². The highest BCUT2D eigenvalue weighted by atomic mass is 35.5. The molecule has 3 N–H and O–H groups in total. The fourth-order valence-electron chi connectivity index (χ4n) is 7.40. The number of nitrogens with one attached hydrogen (secondary N) is 2. The number of benzene rings is 4. The van der Waals surface area contributed by atoms with E-state index in [1.54, 1.807) is 25.1 Å². The summed E-state index contributed by atoms with van der Waals surface area (Å²) in [5, 5.41) is 15.0. The molecule has 2 amide bonds. The zero-order valence-corrected chi connectivity index (χ0v) is 38.7. The second-order valence-electron chi connectivity index (χ2n) is 14.9. The molecule has 0 radical (unpaired) electrons. The lowest BCUT2D eigenvalue weighted by Gasteiger charge is -2.15. The summed E-state index contributed by atoms with van der Waals surface area (Å²) in [5.74, 6) is -5.48. The third-order valence-electron chi connectivity index (χ3n) is 10.3. The molecule has 22 heteroatoms. The van der Waals surface area contributed by atoms with Crippen molar-refractivity contribution in [1.29, 1.82) is 0 Å². The Morgan fingerprint density at radius 3 is 1.44 bits per heavy atom. The number of hydrogen-bond acceptors (Lipinski definition) is 8. The van der Waals surface area contributed by atoms with Gasteiger partial charge in [-0.15, -0.1) is 0 Å². The number of halogens is 10. The zero-order valence-electron chi connectivity index (χ0n) is 35.7. The normalized spacial score (nSPS) is 11.5. The van der Waals surface area contributed by atoms with Gasteiger partial charge in [0, 0.05) is 67.4 Å². The zero-order chi connectivity index (χ0) is 50.7. The molecule has 4 aromatic heterocycles. The average molecular weight is 1040 g/mol. The van der Waals surface area contributed by atoms with Crippen molar-refractivity contribution in [2.24, 2.45) is 0 Å². The van der Waals surface area contributed by atoms with Crippen LogP contribution in [-0.4, -0.2) is 54.2 Å². The van der Waals surface area contributed by atoms with E-state index >= 15 is 0 Å².